The summed E-state index contributed by atoms with van der Waals surface area (Å²) in [7, 11) is 0. The molecule has 0 aliphatic carbocycles. The van der Waals surface area contributed by atoms with Crippen LogP contribution >= 0.6 is 0 Å². The Hall–Kier alpha value is -1.87. The molecular weight excluding hydrogens is 200 g/mol. The molecule has 0 fully saturated rings. The third-order valence-electron chi connectivity index (χ3n) is 2.52. The van der Waals surface area contributed by atoms with Gasteiger partial charge in [-0.1, -0.05) is 30.3 Å². The topological polar surface area (TPSA) is 58.9 Å². The summed E-state index contributed by atoms with van der Waals surface area (Å²) in [5.74, 6) is 0. The van der Waals surface area contributed by atoms with Gasteiger partial charge in [-0.25, -0.2) is 0 Å². The quantitative estimate of drug-likeness (QED) is 0.803. The molecule has 1 atom stereocenters. The highest BCUT2D eigenvalue weighted by atomic mass is 16.1. The van der Waals surface area contributed by atoms with Gasteiger partial charge in [0.25, 0.3) is 5.56 Å². The molecule has 0 bridgehead atoms. The second-order valence-electron chi connectivity index (χ2n) is 3.81. The number of benzene rings is 1. The molecule has 3 N–H and O–H groups in total. The fraction of sp³-hybridized carbons (Fsp3) is 0.154. The van der Waals surface area contributed by atoms with E-state index in [0.717, 1.165) is 11.3 Å². The summed E-state index contributed by atoms with van der Waals surface area (Å²) in [5.41, 5.74) is 7.99. The van der Waals surface area contributed by atoms with E-state index in [-0.39, 0.29) is 11.6 Å². The molecule has 2 rings (SSSR count). The van der Waals surface area contributed by atoms with Crippen LogP contribution in [0.1, 0.15) is 18.5 Å². The van der Waals surface area contributed by atoms with Crippen molar-refractivity contribution in [1.29, 1.82) is 0 Å². The smallest absolute Gasteiger partial charge is 0.253 e. The number of H-pyrrole nitrogens is 1. The Morgan fingerprint density at radius 1 is 1.12 bits per heavy atom. The van der Waals surface area contributed by atoms with Gasteiger partial charge in [0.1, 0.15) is 0 Å². The van der Waals surface area contributed by atoms with Crippen LogP contribution in [0.5, 0.6) is 0 Å². The molecule has 0 amide bonds. The Morgan fingerprint density at radius 3 is 2.38 bits per heavy atom. The molecule has 0 aliphatic rings. The van der Waals surface area contributed by atoms with Crippen LogP contribution in [0.3, 0.4) is 0 Å². The van der Waals surface area contributed by atoms with Gasteiger partial charge in [0.05, 0.1) is 0 Å². The highest BCUT2D eigenvalue weighted by Gasteiger charge is 2.05. The van der Waals surface area contributed by atoms with Gasteiger partial charge in [0.15, 0.2) is 0 Å². The van der Waals surface area contributed by atoms with Crippen LogP contribution in [0.2, 0.25) is 0 Å². The van der Waals surface area contributed by atoms with Crippen molar-refractivity contribution in [2.45, 2.75) is 13.0 Å². The van der Waals surface area contributed by atoms with E-state index >= 15 is 0 Å². The first-order valence-electron chi connectivity index (χ1n) is 5.22. The van der Waals surface area contributed by atoms with Crippen LogP contribution in [0.15, 0.2) is 47.3 Å². The summed E-state index contributed by atoms with van der Waals surface area (Å²) in [5, 5.41) is 0. The fourth-order valence-electron chi connectivity index (χ4n) is 1.63. The second kappa shape index (κ2) is 4.33. The molecule has 82 valence electrons. The molecule has 16 heavy (non-hydrogen) atoms. The zero-order chi connectivity index (χ0) is 11.5. The van der Waals surface area contributed by atoms with Crippen LogP contribution in [0.4, 0.5) is 0 Å². The van der Waals surface area contributed by atoms with Crippen LogP contribution in [0, 0.1) is 0 Å². The van der Waals surface area contributed by atoms with E-state index in [2.05, 4.69) is 4.98 Å². The molecule has 0 radical (unpaired) electrons. The van der Waals surface area contributed by atoms with E-state index in [0.29, 0.717) is 5.56 Å². The molecule has 3 nitrogen and oxygen atoms in total. The van der Waals surface area contributed by atoms with E-state index in [4.69, 9.17) is 5.73 Å². The van der Waals surface area contributed by atoms with Gasteiger partial charge in [-0.3, -0.25) is 4.79 Å². The van der Waals surface area contributed by atoms with Crippen molar-refractivity contribution in [3.8, 4) is 11.3 Å². The molecule has 2 aromatic rings. The minimum Gasteiger partial charge on any atom is -0.324 e. The van der Waals surface area contributed by atoms with Crippen molar-refractivity contribution < 1.29 is 0 Å². The van der Waals surface area contributed by atoms with Gasteiger partial charge in [0, 0.05) is 17.3 Å². The summed E-state index contributed by atoms with van der Waals surface area (Å²) in [6, 6.07) is 13.2. The highest BCUT2D eigenvalue weighted by Crippen LogP contribution is 2.15. The normalized spacial score (nSPS) is 12.4. The molecule has 1 heterocycles. The van der Waals surface area contributed by atoms with Gasteiger partial charge in [-0.2, -0.15) is 0 Å². The zero-order valence-corrected chi connectivity index (χ0v) is 9.10. The maximum atomic E-state index is 11.7. The third-order valence-corrected chi connectivity index (χ3v) is 2.52. The standard InChI is InChI=1S/C13H14N2O/c1-9(14)11-7-8-12(15-13(11)16)10-5-3-2-4-6-10/h2-9H,14H2,1H3,(H,15,16). The van der Waals surface area contributed by atoms with E-state index in [1.807, 2.05) is 36.4 Å². The van der Waals surface area contributed by atoms with Crippen molar-refractivity contribution in [3.63, 3.8) is 0 Å². The first-order chi connectivity index (χ1) is 7.68. The summed E-state index contributed by atoms with van der Waals surface area (Å²) in [4.78, 5) is 14.6. The first kappa shape index (κ1) is 10.6. The minimum absolute atomic E-state index is 0.114. The summed E-state index contributed by atoms with van der Waals surface area (Å²) >= 11 is 0. The predicted molar refractivity (Wildman–Crippen MR) is 65.1 cm³/mol. The maximum Gasteiger partial charge on any atom is 0.253 e. The number of aromatic nitrogens is 1. The molecule has 0 saturated carbocycles. The van der Waals surface area contributed by atoms with Crippen LogP contribution in [-0.2, 0) is 0 Å². The number of aromatic amines is 1. The largest absolute Gasteiger partial charge is 0.324 e. The van der Waals surface area contributed by atoms with Gasteiger partial charge >= 0.3 is 0 Å². The van der Waals surface area contributed by atoms with E-state index in [9.17, 15) is 4.79 Å². The number of rotatable bonds is 2. The average molecular weight is 214 g/mol. The Labute approximate surface area is 93.9 Å². The van der Waals surface area contributed by atoms with Gasteiger partial charge in [-0.05, 0) is 24.6 Å². The van der Waals surface area contributed by atoms with E-state index in [1.165, 1.54) is 0 Å². The number of hydrogen-bond donors (Lipinski definition) is 2. The second-order valence-corrected chi connectivity index (χ2v) is 3.81. The SMILES string of the molecule is CC(N)c1ccc(-c2ccccc2)[nH]c1=O. The number of pyridine rings is 1. The lowest BCUT2D eigenvalue weighted by Gasteiger charge is -2.06. The van der Waals surface area contributed by atoms with Gasteiger partial charge in [0.2, 0.25) is 0 Å². The van der Waals surface area contributed by atoms with Crippen molar-refractivity contribution in [3.05, 3.63) is 58.4 Å². The Bertz CT molecular complexity index is 529. The van der Waals surface area contributed by atoms with E-state index < -0.39 is 0 Å². The average Bonchev–Trinajstić information content (AvgIpc) is 2.29. The maximum absolute atomic E-state index is 11.7. The van der Waals surface area contributed by atoms with Crippen molar-refractivity contribution in [2.24, 2.45) is 5.73 Å². The first-order valence-corrected chi connectivity index (χ1v) is 5.22. The number of nitrogens with one attached hydrogen (secondary N) is 1. The van der Waals surface area contributed by atoms with Gasteiger partial charge in [-0.15, -0.1) is 0 Å². The molecule has 0 spiro atoms. The molecule has 0 saturated heterocycles. The zero-order valence-electron chi connectivity index (χ0n) is 9.10. The molecule has 3 heteroatoms. The molecule has 1 unspecified atom stereocenters. The van der Waals surface area contributed by atoms with Crippen LogP contribution in [0.25, 0.3) is 11.3 Å². The summed E-state index contributed by atoms with van der Waals surface area (Å²) in [6.45, 7) is 1.80. The molecule has 1 aromatic heterocycles. The Balaban J connectivity index is 2.47. The third kappa shape index (κ3) is 2.04. The highest BCUT2D eigenvalue weighted by molar-refractivity contribution is 5.58. The van der Waals surface area contributed by atoms with Gasteiger partial charge < -0.3 is 10.7 Å². The van der Waals surface area contributed by atoms with E-state index in [1.54, 1.807) is 13.0 Å². The summed E-state index contributed by atoms with van der Waals surface area (Å²) in [6.07, 6.45) is 0. The lowest BCUT2D eigenvalue weighted by Crippen LogP contribution is -2.19. The van der Waals surface area contributed by atoms with Crippen molar-refractivity contribution >= 4 is 0 Å². The number of nitrogens with two attached hydrogens (primary N) is 1. The molecular formula is C13H14N2O. The Morgan fingerprint density at radius 2 is 1.81 bits per heavy atom. The number of hydrogen-bond acceptors (Lipinski definition) is 2. The van der Waals surface area contributed by atoms with Crippen molar-refractivity contribution in [2.75, 3.05) is 0 Å². The lowest BCUT2D eigenvalue weighted by molar-refractivity contribution is 0.800. The monoisotopic (exact) mass is 214 g/mol. The summed E-state index contributed by atoms with van der Waals surface area (Å²) < 4.78 is 0. The molecule has 1 aromatic carbocycles. The molecule has 0 aliphatic heterocycles. The minimum atomic E-state index is -0.242. The predicted octanol–water partition coefficient (Wildman–Crippen LogP) is 2.06. The fourth-order valence-corrected chi connectivity index (χ4v) is 1.63. The van der Waals surface area contributed by atoms with Crippen LogP contribution < -0.4 is 11.3 Å². The van der Waals surface area contributed by atoms with Crippen LogP contribution in [-0.4, -0.2) is 4.98 Å². The Kier molecular flexibility index (Phi) is 2.88. The lowest BCUT2D eigenvalue weighted by atomic mass is 10.1. The van der Waals surface area contributed by atoms with Crippen molar-refractivity contribution in [1.82, 2.24) is 4.98 Å².